The molecule has 0 fully saturated rings. The molecule has 4 heteroatoms. The smallest absolute Gasteiger partial charge is 0.261 e. The number of carbonyl (C=O) groups excluding carboxylic acids is 1. The molecular formula is C16H18N2O2. The van der Waals surface area contributed by atoms with Crippen LogP contribution in [0.5, 0.6) is 5.75 Å². The first-order valence-corrected chi connectivity index (χ1v) is 6.55. The first kappa shape index (κ1) is 14.1. The van der Waals surface area contributed by atoms with Gasteiger partial charge in [0.2, 0.25) is 0 Å². The highest BCUT2D eigenvalue weighted by molar-refractivity contribution is 5.80. The second-order valence-corrected chi connectivity index (χ2v) is 4.65. The van der Waals surface area contributed by atoms with Crippen molar-refractivity contribution in [1.29, 1.82) is 0 Å². The molecule has 104 valence electrons. The van der Waals surface area contributed by atoms with Crippen LogP contribution in [0.4, 0.5) is 0 Å². The lowest BCUT2D eigenvalue weighted by Crippen LogP contribution is -2.35. The van der Waals surface area contributed by atoms with Crippen LogP contribution < -0.4 is 10.1 Å². The van der Waals surface area contributed by atoms with Crippen LogP contribution in [-0.4, -0.2) is 17.0 Å². The van der Waals surface area contributed by atoms with E-state index in [1.807, 2.05) is 43.3 Å². The number of aryl methyl sites for hydroxylation is 1. The van der Waals surface area contributed by atoms with Gasteiger partial charge in [0.25, 0.3) is 5.91 Å². The van der Waals surface area contributed by atoms with E-state index < -0.39 is 6.10 Å². The van der Waals surface area contributed by atoms with Crippen molar-refractivity contribution < 1.29 is 9.53 Å². The standard InChI is InChI=1S/C16H18N2O2/c1-12-4-3-5-15(10-12)20-13(2)16(19)18-11-14-6-8-17-9-7-14/h3-10,13H,11H2,1-2H3,(H,18,19)/t13-/m0/s1. The normalized spacial score (nSPS) is 11.7. The number of aromatic nitrogens is 1. The number of carbonyl (C=O) groups is 1. The molecule has 0 aliphatic carbocycles. The second kappa shape index (κ2) is 6.70. The molecule has 1 aromatic heterocycles. The average molecular weight is 270 g/mol. The Labute approximate surface area is 118 Å². The van der Waals surface area contributed by atoms with Crippen LogP contribution in [0.2, 0.25) is 0 Å². The second-order valence-electron chi connectivity index (χ2n) is 4.65. The number of nitrogens with one attached hydrogen (secondary N) is 1. The SMILES string of the molecule is Cc1cccc(O[C@@H](C)C(=O)NCc2ccncc2)c1. The Kier molecular flexibility index (Phi) is 4.71. The van der Waals surface area contributed by atoms with Crippen LogP contribution in [0.15, 0.2) is 48.8 Å². The Morgan fingerprint density at radius 1 is 1.30 bits per heavy atom. The van der Waals surface area contributed by atoms with Gasteiger partial charge in [-0.25, -0.2) is 0 Å². The van der Waals surface area contributed by atoms with Crippen LogP contribution in [0.3, 0.4) is 0 Å². The minimum atomic E-state index is -0.529. The van der Waals surface area contributed by atoms with Gasteiger partial charge >= 0.3 is 0 Å². The monoisotopic (exact) mass is 270 g/mol. The van der Waals surface area contributed by atoms with Crippen molar-refractivity contribution >= 4 is 5.91 Å². The van der Waals surface area contributed by atoms with Crippen LogP contribution in [0.1, 0.15) is 18.1 Å². The van der Waals surface area contributed by atoms with E-state index in [9.17, 15) is 4.79 Å². The zero-order valence-corrected chi connectivity index (χ0v) is 11.7. The van der Waals surface area contributed by atoms with Gasteiger partial charge in [-0.15, -0.1) is 0 Å². The number of nitrogens with zero attached hydrogens (tertiary/aromatic N) is 1. The van der Waals surface area contributed by atoms with Gasteiger partial charge in [0.05, 0.1) is 0 Å². The fraction of sp³-hybridized carbons (Fsp3) is 0.250. The number of ether oxygens (including phenoxy) is 1. The summed E-state index contributed by atoms with van der Waals surface area (Å²) < 4.78 is 5.62. The Morgan fingerprint density at radius 3 is 2.75 bits per heavy atom. The number of rotatable bonds is 5. The molecule has 0 radical (unpaired) electrons. The van der Waals surface area contributed by atoms with Crippen molar-refractivity contribution in [3.05, 3.63) is 59.9 Å². The van der Waals surface area contributed by atoms with E-state index in [4.69, 9.17) is 4.74 Å². The Balaban J connectivity index is 1.86. The summed E-state index contributed by atoms with van der Waals surface area (Å²) in [6.45, 7) is 4.20. The molecule has 1 heterocycles. The summed E-state index contributed by atoms with van der Waals surface area (Å²) in [5.41, 5.74) is 2.11. The van der Waals surface area contributed by atoms with Gasteiger partial charge in [0, 0.05) is 18.9 Å². The van der Waals surface area contributed by atoms with Crippen LogP contribution >= 0.6 is 0 Å². The molecule has 0 saturated carbocycles. The van der Waals surface area contributed by atoms with Crippen molar-refractivity contribution in [3.63, 3.8) is 0 Å². The first-order chi connectivity index (χ1) is 9.65. The quantitative estimate of drug-likeness (QED) is 0.908. The van der Waals surface area contributed by atoms with Crippen LogP contribution in [0, 0.1) is 6.92 Å². The van der Waals surface area contributed by atoms with E-state index in [0.29, 0.717) is 12.3 Å². The van der Waals surface area contributed by atoms with E-state index in [1.54, 1.807) is 19.3 Å². The molecule has 4 nitrogen and oxygen atoms in total. The molecule has 0 unspecified atom stereocenters. The van der Waals surface area contributed by atoms with Gasteiger partial charge in [0.1, 0.15) is 5.75 Å². The van der Waals surface area contributed by atoms with E-state index in [-0.39, 0.29) is 5.91 Å². The zero-order chi connectivity index (χ0) is 14.4. The maximum absolute atomic E-state index is 12.0. The van der Waals surface area contributed by atoms with Gasteiger partial charge < -0.3 is 10.1 Å². The molecule has 1 atom stereocenters. The van der Waals surface area contributed by atoms with E-state index in [0.717, 1.165) is 11.1 Å². The van der Waals surface area contributed by atoms with E-state index >= 15 is 0 Å². The number of pyridine rings is 1. The topological polar surface area (TPSA) is 51.2 Å². The third-order valence-electron chi connectivity index (χ3n) is 2.89. The highest BCUT2D eigenvalue weighted by Crippen LogP contribution is 2.14. The maximum Gasteiger partial charge on any atom is 0.261 e. The molecule has 0 aliphatic heterocycles. The summed E-state index contributed by atoms with van der Waals surface area (Å²) in [5, 5.41) is 2.84. The highest BCUT2D eigenvalue weighted by atomic mass is 16.5. The lowest BCUT2D eigenvalue weighted by atomic mass is 10.2. The molecule has 1 amide bonds. The number of hydrogen-bond donors (Lipinski definition) is 1. The number of hydrogen-bond acceptors (Lipinski definition) is 3. The minimum Gasteiger partial charge on any atom is -0.481 e. The summed E-state index contributed by atoms with van der Waals surface area (Å²) in [7, 11) is 0. The molecule has 2 aromatic rings. The molecule has 2 rings (SSSR count). The van der Waals surface area contributed by atoms with Gasteiger partial charge in [-0.2, -0.15) is 0 Å². The molecule has 1 aromatic carbocycles. The van der Waals surface area contributed by atoms with Crippen molar-refractivity contribution in [2.75, 3.05) is 0 Å². The maximum atomic E-state index is 12.0. The highest BCUT2D eigenvalue weighted by Gasteiger charge is 2.14. The van der Waals surface area contributed by atoms with Gasteiger partial charge in [-0.1, -0.05) is 12.1 Å². The van der Waals surface area contributed by atoms with Crippen LogP contribution in [0.25, 0.3) is 0 Å². The fourth-order valence-corrected chi connectivity index (χ4v) is 1.78. The molecule has 0 spiro atoms. The van der Waals surface area contributed by atoms with Crippen molar-refractivity contribution in [2.24, 2.45) is 0 Å². The largest absolute Gasteiger partial charge is 0.481 e. The third-order valence-corrected chi connectivity index (χ3v) is 2.89. The van der Waals surface area contributed by atoms with Gasteiger partial charge in [-0.05, 0) is 49.2 Å². The molecule has 20 heavy (non-hydrogen) atoms. The van der Waals surface area contributed by atoms with E-state index in [1.165, 1.54) is 0 Å². The first-order valence-electron chi connectivity index (χ1n) is 6.55. The van der Waals surface area contributed by atoms with Crippen LogP contribution in [-0.2, 0) is 11.3 Å². The fourth-order valence-electron chi connectivity index (χ4n) is 1.78. The minimum absolute atomic E-state index is 0.136. The molecule has 0 bridgehead atoms. The molecule has 0 aliphatic rings. The summed E-state index contributed by atoms with van der Waals surface area (Å²) in [6, 6.07) is 11.4. The summed E-state index contributed by atoms with van der Waals surface area (Å²) in [6.07, 6.45) is 2.88. The Bertz CT molecular complexity index is 570. The lowest BCUT2D eigenvalue weighted by molar-refractivity contribution is -0.127. The predicted molar refractivity (Wildman–Crippen MR) is 77.4 cm³/mol. The van der Waals surface area contributed by atoms with Crippen molar-refractivity contribution in [2.45, 2.75) is 26.5 Å². The summed E-state index contributed by atoms with van der Waals surface area (Å²) in [4.78, 5) is 15.9. The Hall–Kier alpha value is -2.36. The average Bonchev–Trinajstić information content (AvgIpc) is 2.46. The molecule has 1 N–H and O–H groups in total. The Morgan fingerprint density at radius 2 is 2.05 bits per heavy atom. The number of benzene rings is 1. The zero-order valence-electron chi connectivity index (χ0n) is 11.7. The van der Waals surface area contributed by atoms with Gasteiger partial charge in [-0.3, -0.25) is 9.78 Å². The summed E-state index contributed by atoms with van der Waals surface area (Å²) in [5.74, 6) is 0.569. The third kappa shape index (κ3) is 4.09. The lowest BCUT2D eigenvalue weighted by Gasteiger charge is -2.15. The number of amides is 1. The molecule has 0 saturated heterocycles. The van der Waals surface area contributed by atoms with Crippen molar-refractivity contribution in [1.82, 2.24) is 10.3 Å². The summed E-state index contributed by atoms with van der Waals surface area (Å²) >= 11 is 0. The van der Waals surface area contributed by atoms with E-state index in [2.05, 4.69) is 10.3 Å². The van der Waals surface area contributed by atoms with Gasteiger partial charge in [0.15, 0.2) is 6.10 Å². The molecular weight excluding hydrogens is 252 g/mol. The predicted octanol–water partition coefficient (Wildman–Crippen LogP) is 2.47. The van der Waals surface area contributed by atoms with Crippen molar-refractivity contribution in [3.8, 4) is 5.75 Å².